The molecule has 14 nitrogen and oxygen atoms in total. The molecule has 3 heterocycles. The Kier molecular flexibility index (Phi) is 9.09. The van der Waals surface area contributed by atoms with Gasteiger partial charge in [0.1, 0.15) is 18.0 Å². The van der Waals surface area contributed by atoms with Crippen LogP contribution in [0.3, 0.4) is 0 Å². The van der Waals surface area contributed by atoms with E-state index in [9.17, 15) is 38.0 Å². The zero-order valence-electron chi connectivity index (χ0n) is 23.8. The summed E-state index contributed by atoms with van der Waals surface area (Å²) in [5, 5.41) is 30.5. The van der Waals surface area contributed by atoms with Gasteiger partial charge in [0.2, 0.25) is 15.9 Å². The van der Waals surface area contributed by atoms with Gasteiger partial charge < -0.3 is 20.1 Å². The van der Waals surface area contributed by atoms with Gasteiger partial charge in [-0.05, 0) is 42.3 Å². The maximum atomic E-state index is 13.4. The quantitative estimate of drug-likeness (QED) is 0.116. The van der Waals surface area contributed by atoms with Gasteiger partial charge >= 0.3 is 5.97 Å². The Balaban J connectivity index is 1.31. The summed E-state index contributed by atoms with van der Waals surface area (Å²) >= 11 is 2.30. The molecule has 1 aromatic heterocycles. The number of thioether (sulfide) groups is 1. The number of primary sulfonamides is 1. The van der Waals surface area contributed by atoms with Crippen molar-refractivity contribution in [1.29, 1.82) is 0 Å². The third-order valence-corrected chi connectivity index (χ3v) is 10.6. The highest BCUT2D eigenvalue weighted by molar-refractivity contribution is 8.04. The first-order valence-corrected chi connectivity index (χ1v) is 16.7. The summed E-state index contributed by atoms with van der Waals surface area (Å²) in [7, 11) is -3.83. The number of nitro benzene ring substituents is 1. The van der Waals surface area contributed by atoms with Crippen molar-refractivity contribution in [2.24, 2.45) is 17.0 Å². The van der Waals surface area contributed by atoms with E-state index in [2.05, 4.69) is 10.3 Å². The second-order valence-corrected chi connectivity index (χ2v) is 14.1. The van der Waals surface area contributed by atoms with Crippen molar-refractivity contribution in [3.8, 4) is 0 Å². The fraction of sp³-hybridized carbons (Fsp3) is 0.286. The minimum absolute atomic E-state index is 0.0328. The van der Waals surface area contributed by atoms with E-state index in [1.54, 1.807) is 5.38 Å². The number of β-lactam (4-membered cyclic amide) rings is 1. The van der Waals surface area contributed by atoms with Gasteiger partial charge in [-0.2, -0.15) is 0 Å². The van der Waals surface area contributed by atoms with Crippen LogP contribution in [0.1, 0.15) is 35.5 Å². The summed E-state index contributed by atoms with van der Waals surface area (Å²) < 4.78 is 28.8. The number of carbonyl (C=O) groups excluding carboxylic acids is 3. The summed E-state index contributed by atoms with van der Waals surface area (Å²) in [4.78, 5) is 55.8. The first-order chi connectivity index (χ1) is 21.3. The molecule has 2 aliphatic rings. The van der Waals surface area contributed by atoms with Gasteiger partial charge in [0.25, 0.3) is 11.6 Å². The number of amides is 2. The van der Waals surface area contributed by atoms with Crippen molar-refractivity contribution in [3.05, 3.63) is 91.4 Å². The standard InChI is InChI=1S/C28H27N5O9S3/c1-14-22-21(15(2)34)26(36)32(22)23(27(37)42-12-17-3-7-18(8-4-17)33(38)39)24(14)44-28-31-20(13-43-28)25(35)30-11-16-5-9-19(10-6-16)45(29,40)41/h3-10,13-15,21-22,34H,11-12H2,1-2H3,(H,30,35)(H2,29,40,41)/t14-,15-,21-,22-/m1/s1. The number of aliphatic hydroxyl groups is 1. The molecule has 45 heavy (non-hydrogen) atoms. The zero-order valence-corrected chi connectivity index (χ0v) is 26.2. The van der Waals surface area contributed by atoms with Crippen molar-refractivity contribution < 1.29 is 37.6 Å². The van der Waals surface area contributed by atoms with E-state index in [0.717, 1.165) is 11.8 Å². The molecular weight excluding hydrogens is 647 g/mol. The summed E-state index contributed by atoms with van der Waals surface area (Å²) in [5.74, 6) is -2.71. The van der Waals surface area contributed by atoms with Crippen molar-refractivity contribution in [2.75, 3.05) is 0 Å². The van der Waals surface area contributed by atoms with Crippen LogP contribution in [-0.4, -0.2) is 58.3 Å². The van der Waals surface area contributed by atoms with Crippen molar-refractivity contribution in [3.63, 3.8) is 0 Å². The number of nitrogens with zero attached hydrogens (tertiary/aromatic N) is 3. The summed E-state index contributed by atoms with van der Waals surface area (Å²) in [5.41, 5.74) is 1.21. The number of aliphatic hydroxyl groups excluding tert-OH is 1. The van der Waals surface area contributed by atoms with Crippen molar-refractivity contribution in [1.82, 2.24) is 15.2 Å². The van der Waals surface area contributed by atoms with Crippen LogP contribution in [0.15, 0.2) is 73.7 Å². The topological polar surface area (TPSA) is 212 Å². The van der Waals surface area contributed by atoms with E-state index >= 15 is 0 Å². The van der Waals surface area contributed by atoms with Crippen LogP contribution in [0, 0.1) is 22.0 Å². The molecule has 0 saturated carbocycles. The summed E-state index contributed by atoms with van der Waals surface area (Å²) in [6, 6.07) is 10.8. The number of hydrogen-bond acceptors (Lipinski definition) is 12. The van der Waals surface area contributed by atoms with E-state index in [1.165, 1.54) is 71.7 Å². The SMILES string of the molecule is C[C@@H](O)[C@H]1C(=O)N2C(C(=O)OCc3ccc([N+](=O)[O-])cc3)=C(Sc3nc(C(=O)NCc4ccc(S(N)(=O)=O)cc4)cs3)[C@H](C)[C@H]12. The minimum atomic E-state index is -3.83. The van der Waals surface area contributed by atoms with Crippen LogP contribution in [-0.2, 0) is 37.5 Å². The number of ether oxygens (including phenoxy) is 1. The molecule has 1 fully saturated rings. The van der Waals surface area contributed by atoms with Crippen LogP contribution in [0.4, 0.5) is 5.69 Å². The predicted octanol–water partition coefficient (Wildman–Crippen LogP) is 2.53. The molecule has 2 amide bonds. The zero-order chi connectivity index (χ0) is 32.6. The third-order valence-electron chi connectivity index (χ3n) is 7.44. The lowest BCUT2D eigenvalue weighted by Crippen LogP contribution is -2.63. The third kappa shape index (κ3) is 6.62. The normalized spacial score (nSPS) is 20.0. The van der Waals surface area contributed by atoms with E-state index in [1.807, 2.05) is 6.92 Å². The number of rotatable bonds is 11. The van der Waals surface area contributed by atoms with Crippen LogP contribution in [0.2, 0.25) is 0 Å². The molecule has 0 aliphatic carbocycles. The lowest BCUT2D eigenvalue weighted by atomic mass is 9.79. The monoisotopic (exact) mass is 673 g/mol. The Morgan fingerprint density at radius 2 is 1.84 bits per heavy atom. The number of aromatic nitrogens is 1. The highest BCUT2D eigenvalue weighted by Gasteiger charge is 2.60. The smallest absolute Gasteiger partial charge is 0.356 e. The molecule has 17 heteroatoms. The Labute approximate surface area is 265 Å². The Hall–Kier alpha value is -4.16. The molecule has 3 aromatic rings. The fourth-order valence-electron chi connectivity index (χ4n) is 5.15. The largest absolute Gasteiger partial charge is 0.456 e. The molecule has 1 saturated heterocycles. The van der Waals surface area contributed by atoms with Crippen molar-refractivity contribution >= 4 is 56.6 Å². The number of benzene rings is 2. The minimum Gasteiger partial charge on any atom is -0.456 e. The highest BCUT2D eigenvalue weighted by atomic mass is 32.2. The molecule has 4 N–H and O–H groups in total. The average molecular weight is 674 g/mol. The number of fused-ring (bicyclic) bond motifs is 1. The predicted molar refractivity (Wildman–Crippen MR) is 162 cm³/mol. The molecule has 236 valence electrons. The van der Waals surface area contributed by atoms with Gasteiger partial charge in [-0.25, -0.2) is 23.3 Å². The van der Waals surface area contributed by atoms with Gasteiger partial charge in [0.15, 0.2) is 4.34 Å². The van der Waals surface area contributed by atoms with Gasteiger partial charge in [-0.1, -0.05) is 30.8 Å². The first-order valence-electron chi connectivity index (χ1n) is 13.5. The lowest BCUT2D eigenvalue weighted by molar-refractivity contribution is -0.384. The van der Waals surface area contributed by atoms with Crippen molar-refractivity contribution in [2.45, 2.75) is 48.4 Å². The summed E-state index contributed by atoms with van der Waals surface area (Å²) in [6.45, 7) is 3.27. The molecule has 2 aliphatic heterocycles. The number of carbonyl (C=O) groups is 3. The molecular formula is C28H27N5O9S3. The number of sulfonamides is 1. The molecule has 4 atom stereocenters. The molecule has 0 spiro atoms. The fourth-order valence-corrected chi connectivity index (χ4v) is 7.73. The second kappa shape index (κ2) is 12.7. The van der Waals surface area contributed by atoms with E-state index < -0.39 is 50.8 Å². The van der Waals surface area contributed by atoms with E-state index in [0.29, 0.717) is 20.4 Å². The number of nitrogens with one attached hydrogen (secondary N) is 1. The number of nitro groups is 1. The second-order valence-electron chi connectivity index (χ2n) is 10.4. The van der Waals surface area contributed by atoms with E-state index in [-0.39, 0.29) is 41.0 Å². The molecule has 2 aromatic carbocycles. The lowest BCUT2D eigenvalue weighted by Gasteiger charge is -2.46. The molecule has 0 bridgehead atoms. The number of hydrogen-bond donors (Lipinski definition) is 3. The van der Waals surface area contributed by atoms with Gasteiger partial charge in [0, 0.05) is 34.9 Å². The number of thiazole rings is 1. The average Bonchev–Trinajstić information content (AvgIpc) is 3.55. The van der Waals surface area contributed by atoms with E-state index in [4.69, 9.17) is 9.88 Å². The number of non-ortho nitro benzene ring substituents is 1. The van der Waals surface area contributed by atoms with Gasteiger partial charge in [-0.3, -0.25) is 19.7 Å². The van der Waals surface area contributed by atoms with Crippen LogP contribution in [0.25, 0.3) is 0 Å². The molecule has 5 rings (SSSR count). The van der Waals surface area contributed by atoms with Gasteiger partial charge in [0.05, 0.1) is 27.9 Å². The first kappa shape index (κ1) is 32.2. The van der Waals surface area contributed by atoms with Crippen LogP contribution in [0.5, 0.6) is 0 Å². The molecule has 0 unspecified atom stereocenters. The molecule has 0 radical (unpaired) electrons. The Morgan fingerprint density at radius 1 is 1.20 bits per heavy atom. The Bertz CT molecular complexity index is 1810. The van der Waals surface area contributed by atoms with Crippen LogP contribution < -0.4 is 10.5 Å². The number of esters is 1. The summed E-state index contributed by atoms with van der Waals surface area (Å²) in [6.07, 6.45) is -0.936. The Morgan fingerprint density at radius 3 is 2.44 bits per heavy atom. The maximum Gasteiger partial charge on any atom is 0.356 e. The van der Waals surface area contributed by atoms with Crippen LogP contribution >= 0.6 is 23.1 Å². The van der Waals surface area contributed by atoms with Gasteiger partial charge in [-0.15, -0.1) is 11.3 Å². The maximum absolute atomic E-state index is 13.4. The highest BCUT2D eigenvalue weighted by Crippen LogP contribution is 2.52. The number of nitrogens with two attached hydrogens (primary N) is 1.